The van der Waals surface area contributed by atoms with Gasteiger partial charge in [0.1, 0.15) is 11.6 Å². The first-order valence-electron chi connectivity index (χ1n) is 7.89. The summed E-state index contributed by atoms with van der Waals surface area (Å²) in [7, 11) is 4.16. The Balaban J connectivity index is 2.53. The molecule has 0 heterocycles. The van der Waals surface area contributed by atoms with Gasteiger partial charge in [-0.15, -0.1) is 0 Å². The summed E-state index contributed by atoms with van der Waals surface area (Å²) in [6, 6.07) is 10.6. The Labute approximate surface area is 145 Å². The maximum absolute atomic E-state index is 14.1. The van der Waals surface area contributed by atoms with Crippen LogP contribution in [0.15, 0.2) is 46.2 Å². The topological polar surface area (TPSA) is 6.48 Å². The lowest BCUT2D eigenvalue weighted by atomic mass is 10.3. The van der Waals surface area contributed by atoms with Crippen LogP contribution >= 0.6 is 10.0 Å². The molecule has 0 N–H and O–H groups in total. The quantitative estimate of drug-likeness (QED) is 0.750. The van der Waals surface area contributed by atoms with E-state index in [4.69, 9.17) is 0 Å². The van der Waals surface area contributed by atoms with Crippen molar-refractivity contribution in [1.82, 2.24) is 0 Å². The first-order valence-corrected chi connectivity index (χ1v) is 10.3. The van der Waals surface area contributed by atoms with Gasteiger partial charge in [0.2, 0.25) is 0 Å². The number of hydrogen-bond acceptors (Lipinski definition) is 2. The third kappa shape index (κ3) is 3.51. The molecule has 0 aromatic heterocycles. The molecule has 0 aliphatic carbocycles. The summed E-state index contributed by atoms with van der Waals surface area (Å²) in [5, 5.41) is 0. The van der Waals surface area contributed by atoms with Gasteiger partial charge in [-0.25, -0.2) is 8.78 Å². The lowest BCUT2D eigenvalue weighted by Crippen LogP contribution is -2.17. The monoisotopic (exact) mass is 352 g/mol. The van der Waals surface area contributed by atoms with E-state index in [1.54, 1.807) is 4.90 Å². The summed E-state index contributed by atoms with van der Waals surface area (Å²) < 4.78 is 28.1. The molecule has 132 valence electrons. The molecule has 0 bridgehead atoms. The molecule has 2 rings (SSSR count). The maximum Gasteiger partial charge on any atom is 0.146 e. The molecular formula is C19H26F2N2S. The molecule has 0 saturated carbocycles. The second kappa shape index (κ2) is 7.01. The fourth-order valence-electron chi connectivity index (χ4n) is 2.56. The highest BCUT2D eigenvalue weighted by atomic mass is 32.3. The molecule has 5 heteroatoms. The first-order chi connectivity index (χ1) is 11.2. The van der Waals surface area contributed by atoms with E-state index in [-0.39, 0.29) is 11.6 Å². The van der Waals surface area contributed by atoms with Crippen molar-refractivity contribution in [3.05, 3.63) is 48.0 Å². The highest BCUT2D eigenvalue weighted by Gasteiger charge is 2.21. The van der Waals surface area contributed by atoms with Gasteiger partial charge < -0.3 is 9.80 Å². The lowest BCUT2D eigenvalue weighted by Gasteiger charge is -2.34. The largest absolute Gasteiger partial charge is 0.375 e. The second-order valence-electron chi connectivity index (χ2n) is 6.46. The van der Waals surface area contributed by atoms with Crippen molar-refractivity contribution in [2.75, 3.05) is 50.0 Å². The molecule has 0 radical (unpaired) electrons. The van der Waals surface area contributed by atoms with Crippen LogP contribution in [0, 0.1) is 11.6 Å². The van der Waals surface area contributed by atoms with E-state index in [0.29, 0.717) is 11.4 Å². The molecule has 0 saturated heterocycles. The van der Waals surface area contributed by atoms with Gasteiger partial charge in [0.25, 0.3) is 0 Å². The Morgan fingerprint density at radius 3 is 1.75 bits per heavy atom. The summed E-state index contributed by atoms with van der Waals surface area (Å²) in [6.07, 6.45) is 4.31. The molecule has 2 aromatic rings. The van der Waals surface area contributed by atoms with Crippen LogP contribution in [0.3, 0.4) is 0 Å². The molecule has 0 spiro atoms. The Kier molecular flexibility index (Phi) is 5.43. The normalized spacial score (nSPS) is 12.2. The fraction of sp³-hybridized carbons (Fsp3) is 0.368. The van der Waals surface area contributed by atoms with Crippen LogP contribution in [0.4, 0.5) is 20.2 Å². The van der Waals surface area contributed by atoms with Gasteiger partial charge in [-0.3, -0.25) is 0 Å². The number of benzene rings is 2. The van der Waals surface area contributed by atoms with Crippen molar-refractivity contribution in [2.45, 2.75) is 16.7 Å². The van der Waals surface area contributed by atoms with Crippen LogP contribution in [-0.2, 0) is 0 Å². The van der Waals surface area contributed by atoms with Crippen LogP contribution in [-0.4, -0.2) is 40.2 Å². The maximum atomic E-state index is 14.1. The smallest absolute Gasteiger partial charge is 0.146 e. The Hall–Kier alpha value is -1.75. The Bertz CT molecular complexity index is 729. The van der Waals surface area contributed by atoms with E-state index >= 15 is 0 Å². The molecule has 0 fully saturated rings. The SMILES string of the molecule is CCN(C)c1cc(S(C)(C)c2ccc(F)c(N(C)C)c2)ccc1F. The summed E-state index contributed by atoms with van der Waals surface area (Å²) in [5.74, 6) is -0.448. The molecule has 0 amide bonds. The first kappa shape index (κ1) is 18.6. The number of hydrogen-bond donors (Lipinski definition) is 0. The van der Waals surface area contributed by atoms with Crippen LogP contribution in [0.5, 0.6) is 0 Å². The van der Waals surface area contributed by atoms with Crippen LogP contribution in [0.1, 0.15) is 6.92 Å². The van der Waals surface area contributed by atoms with Crippen LogP contribution in [0.2, 0.25) is 0 Å². The van der Waals surface area contributed by atoms with Crippen molar-refractivity contribution in [3.8, 4) is 0 Å². The Morgan fingerprint density at radius 1 is 0.833 bits per heavy atom. The number of anilines is 2. The zero-order chi connectivity index (χ0) is 18.1. The molecular weight excluding hydrogens is 326 g/mol. The van der Waals surface area contributed by atoms with Crippen molar-refractivity contribution in [2.24, 2.45) is 0 Å². The third-order valence-corrected chi connectivity index (χ3v) is 7.25. The van der Waals surface area contributed by atoms with E-state index in [1.165, 1.54) is 12.1 Å². The van der Waals surface area contributed by atoms with E-state index < -0.39 is 10.0 Å². The minimum Gasteiger partial charge on any atom is -0.375 e. The summed E-state index contributed by atoms with van der Waals surface area (Å²) in [5.41, 5.74) is 1.17. The molecule has 2 nitrogen and oxygen atoms in total. The molecule has 0 atom stereocenters. The lowest BCUT2D eigenvalue weighted by molar-refractivity contribution is 0.622. The highest BCUT2D eigenvalue weighted by molar-refractivity contribution is 8.32. The number of nitrogens with zero attached hydrogens (tertiary/aromatic N) is 2. The summed E-state index contributed by atoms with van der Waals surface area (Å²) in [4.78, 5) is 5.82. The van der Waals surface area contributed by atoms with Crippen molar-refractivity contribution >= 4 is 21.4 Å². The average molecular weight is 352 g/mol. The van der Waals surface area contributed by atoms with Gasteiger partial charge in [-0.05, 0) is 65.6 Å². The standard InChI is InChI=1S/C19H26F2N2S/c1-7-23(4)19-13-15(9-11-17(19)21)24(5,6)14-8-10-16(20)18(12-14)22(2)3/h8-13H,7H2,1-6H3. The zero-order valence-electron chi connectivity index (χ0n) is 15.2. The second-order valence-corrected chi connectivity index (χ2v) is 10.1. The van der Waals surface area contributed by atoms with Crippen molar-refractivity contribution in [3.63, 3.8) is 0 Å². The zero-order valence-corrected chi connectivity index (χ0v) is 16.0. The van der Waals surface area contributed by atoms with Crippen LogP contribution in [0.25, 0.3) is 0 Å². The fourth-order valence-corrected chi connectivity index (χ4v) is 4.46. The number of rotatable bonds is 5. The predicted octanol–water partition coefficient (Wildman–Crippen LogP) is 4.97. The van der Waals surface area contributed by atoms with Gasteiger partial charge in [0.15, 0.2) is 0 Å². The number of halogens is 2. The summed E-state index contributed by atoms with van der Waals surface area (Å²) in [6.45, 7) is 2.73. The summed E-state index contributed by atoms with van der Waals surface area (Å²) >= 11 is 0. The van der Waals surface area contributed by atoms with Gasteiger partial charge in [0, 0.05) is 27.7 Å². The average Bonchev–Trinajstić information content (AvgIpc) is 2.54. The van der Waals surface area contributed by atoms with Gasteiger partial charge in [-0.1, -0.05) is 0 Å². The van der Waals surface area contributed by atoms with Crippen molar-refractivity contribution < 1.29 is 8.78 Å². The minimum absolute atomic E-state index is 0.216. The Morgan fingerprint density at radius 2 is 1.29 bits per heavy atom. The van der Waals surface area contributed by atoms with Crippen molar-refractivity contribution in [1.29, 1.82) is 0 Å². The highest BCUT2D eigenvalue weighted by Crippen LogP contribution is 2.57. The molecule has 2 aromatic carbocycles. The van der Waals surface area contributed by atoms with E-state index in [0.717, 1.165) is 16.3 Å². The molecule has 0 unspecified atom stereocenters. The molecule has 0 aliphatic heterocycles. The molecule has 0 aliphatic rings. The van der Waals surface area contributed by atoms with Gasteiger partial charge in [-0.2, -0.15) is 10.0 Å². The molecule has 24 heavy (non-hydrogen) atoms. The van der Waals surface area contributed by atoms with Gasteiger partial charge in [0.05, 0.1) is 11.4 Å². The van der Waals surface area contributed by atoms with E-state index in [1.807, 2.05) is 57.2 Å². The predicted molar refractivity (Wildman–Crippen MR) is 102 cm³/mol. The van der Waals surface area contributed by atoms with E-state index in [9.17, 15) is 8.78 Å². The third-order valence-electron chi connectivity index (χ3n) is 4.38. The van der Waals surface area contributed by atoms with Gasteiger partial charge >= 0.3 is 0 Å². The van der Waals surface area contributed by atoms with E-state index in [2.05, 4.69) is 12.5 Å². The minimum atomic E-state index is -1.38. The van der Waals surface area contributed by atoms with Crippen LogP contribution < -0.4 is 9.80 Å².